The minimum Gasteiger partial charge on any atom is -0.360 e. The highest BCUT2D eigenvalue weighted by atomic mass is 35.5. The van der Waals surface area contributed by atoms with Crippen molar-refractivity contribution < 1.29 is 9.59 Å². The smallest absolute Gasteiger partial charge is 0.253 e. The molecule has 2 aromatic heterocycles. The molecule has 9 nitrogen and oxygen atoms in total. The van der Waals surface area contributed by atoms with Crippen LogP contribution in [0.3, 0.4) is 0 Å². The van der Waals surface area contributed by atoms with Crippen molar-refractivity contribution in [2.45, 2.75) is 18.9 Å². The van der Waals surface area contributed by atoms with E-state index in [0.29, 0.717) is 47.6 Å². The number of benzene rings is 2. The Labute approximate surface area is 238 Å². The van der Waals surface area contributed by atoms with Crippen molar-refractivity contribution in [3.8, 4) is 11.3 Å². The summed E-state index contributed by atoms with van der Waals surface area (Å²) in [7, 11) is 3.87. The molecule has 3 heterocycles. The average molecular weight is 558 g/mol. The highest BCUT2D eigenvalue weighted by molar-refractivity contribution is 6.33. The van der Waals surface area contributed by atoms with Gasteiger partial charge < -0.3 is 25.4 Å². The lowest BCUT2D eigenvalue weighted by Crippen LogP contribution is -2.45. The second-order valence-electron chi connectivity index (χ2n) is 10.1. The largest absolute Gasteiger partial charge is 0.360 e. The van der Waals surface area contributed by atoms with E-state index in [9.17, 15) is 9.59 Å². The number of hydrogen-bond acceptors (Lipinski definition) is 6. The molecule has 1 aliphatic rings. The van der Waals surface area contributed by atoms with E-state index in [1.807, 2.05) is 54.4 Å². The molecular weight excluding hydrogens is 526 g/mol. The van der Waals surface area contributed by atoms with E-state index in [4.69, 9.17) is 16.6 Å². The first kappa shape index (κ1) is 27.4. The van der Waals surface area contributed by atoms with Gasteiger partial charge in [0, 0.05) is 65.7 Å². The van der Waals surface area contributed by atoms with Gasteiger partial charge in [-0.1, -0.05) is 41.9 Å². The van der Waals surface area contributed by atoms with Crippen LogP contribution in [0, 0.1) is 0 Å². The molecular formula is C30H32ClN7O2. The molecule has 1 atom stereocenters. The maximum absolute atomic E-state index is 13.4. The SMILES string of the molecule is CN(C)CC=CC(=O)Nc1cccc(C(=O)N2CCCC(Nc3ncc(Cl)c(-c4c[nH]c5ccccc45)n3)C2)c1. The molecule has 5 rings (SSSR count). The third kappa shape index (κ3) is 6.50. The van der Waals surface area contributed by atoms with Crippen molar-refractivity contribution in [3.63, 3.8) is 0 Å². The number of rotatable bonds is 8. The summed E-state index contributed by atoms with van der Waals surface area (Å²) < 4.78 is 0. The van der Waals surface area contributed by atoms with Gasteiger partial charge in [0.25, 0.3) is 5.91 Å². The van der Waals surface area contributed by atoms with Crippen LogP contribution >= 0.6 is 11.6 Å². The Hall–Kier alpha value is -4.21. The van der Waals surface area contributed by atoms with Gasteiger partial charge >= 0.3 is 0 Å². The number of hydrogen-bond donors (Lipinski definition) is 3. The number of nitrogens with one attached hydrogen (secondary N) is 3. The van der Waals surface area contributed by atoms with Crippen molar-refractivity contribution in [2.75, 3.05) is 44.4 Å². The fourth-order valence-electron chi connectivity index (χ4n) is 4.82. The van der Waals surface area contributed by atoms with Crippen LogP contribution in [0.15, 0.2) is 73.1 Å². The summed E-state index contributed by atoms with van der Waals surface area (Å²) in [5.74, 6) is 0.155. The molecule has 1 unspecified atom stereocenters. The number of nitrogens with zero attached hydrogens (tertiary/aromatic N) is 4. The van der Waals surface area contributed by atoms with Crippen molar-refractivity contribution in [1.82, 2.24) is 24.8 Å². The van der Waals surface area contributed by atoms with Gasteiger partial charge in [0.1, 0.15) is 0 Å². The molecule has 10 heteroatoms. The Morgan fingerprint density at radius 1 is 1.20 bits per heavy atom. The number of carbonyl (C=O) groups is 2. The van der Waals surface area contributed by atoms with Gasteiger partial charge in [0.15, 0.2) is 0 Å². The zero-order valence-corrected chi connectivity index (χ0v) is 23.3. The topological polar surface area (TPSA) is 106 Å². The van der Waals surface area contributed by atoms with Crippen LogP contribution in [0.4, 0.5) is 11.6 Å². The van der Waals surface area contributed by atoms with Crippen molar-refractivity contribution in [1.29, 1.82) is 0 Å². The quantitative estimate of drug-likeness (QED) is 0.262. The highest BCUT2D eigenvalue weighted by Gasteiger charge is 2.25. The van der Waals surface area contributed by atoms with E-state index in [2.05, 4.69) is 20.6 Å². The molecule has 0 bridgehead atoms. The van der Waals surface area contributed by atoms with E-state index >= 15 is 0 Å². The van der Waals surface area contributed by atoms with Crippen molar-refractivity contribution in [2.24, 2.45) is 0 Å². The third-order valence-corrected chi connectivity index (χ3v) is 7.02. The number of likely N-dealkylation sites (tertiary alicyclic amines) is 1. The molecule has 1 aliphatic heterocycles. The normalized spacial score (nSPS) is 15.6. The number of carbonyl (C=O) groups excluding carboxylic acids is 2. The summed E-state index contributed by atoms with van der Waals surface area (Å²) in [4.78, 5) is 41.8. The molecule has 4 aromatic rings. The Bertz CT molecular complexity index is 1550. The fraction of sp³-hybridized carbons (Fsp3) is 0.267. The predicted molar refractivity (Wildman–Crippen MR) is 160 cm³/mol. The first-order chi connectivity index (χ1) is 19.4. The van der Waals surface area contributed by atoms with Gasteiger partial charge in [-0.25, -0.2) is 9.97 Å². The van der Waals surface area contributed by atoms with E-state index in [1.165, 1.54) is 6.08 Å². The lowest BCUT2D eigenvalue weighted by atomic mass is 10.0. The molecule has 0 aliphatic carbocycles. The molecule has 1 fully saturated rings. The van der Waals surface area contributed by atoms with Crippen LogP contribution < -0.4 is 10.6 Å². The molecule has 40 heavy (non-hydrogen) atoms. The maximum Gasteiger partial charge on any atom is 0.253 e. The van der Waals surface area contributed by atoms with Crippen LogP contribution in [-0.2, 0) is 4.79 Å². The first-order valence-corrected chi connectivity index (χ1v) is 13.6. The number of aromatic amines is 1. The van der Waals surface area contributed by atoms with Crippen LogP contribution in [0.5, 0.6) is 0 Å². The number of piperidine rings is 1. The lowest BCUT2D eigenvalue weighted by molar-refractivity contribution is -0.111. The van der Waals surface area contributed by atoms with Gasteiger partial charge in [-0.3, -0.25) is 9.59 Å². The fourth-order valence-corrected chi connectivity index (χ4v) is 5.01. The van der Waals surface area contributed by atoms with Crippen LogP contribution in [0.25, 0.3) is 22.2 Å². The molecule has 0 spiro atoms. The Balaban J connectivity index is 1.25. The first-order valence-electron chi connectivity index (χ1n) is 13.2. The van der Waals surface area contributed by atoms with Crippen molar-refractivity contribution >= 4 is 46.0 Å². The van der Waals surface area contributed by atoms with Crippen LogP contribution in [0.1, 0.15) is 23.2 Å². The summed E-state index contributed by atoms with van der Waals surface area (Å²) in [6.45, 7) is 1.83. The van der Waals surface area contributed by atoms with Gasteiger partial charge in [-0.15, -0.1) is 0 Å². The summed E-state index contributed by atoms with van der Waals surface area (Å²) in [5, 5.41) is 7.74. The Morgan fingerprint density at radius 2 is 2.05 bits per heavy atom. The summed E-state index contributed by atoms with van der Waals surface area (Å²) in [5.41, 5.74) is 3.67. The van der Waals surface area contributed by atoms with Crippen molar-refractivity contribution in [3.05, 3.63) is 83.7 Å². The number of aromatic nitrogens is 3. The summed E-state index contributed by atoms with van der Waals surface area (Å²) >= 11 is 6.49. The second kappa shape index (κ2) is 12.3. The van der Waals surface area contributed by atoms with E-state index < -0.39 is 0 Å². The molecule has 3 N–H and O–H groups in total. The summed E-state index contributed by atoms with van der Waals surface area (Å²) in [6.07, 6.45) is 8.53. The molecule has 2 aromatic carbocycles. The predicted octanol–water partition coefficient (Wildman–Crippen LogP) is 5.05. The van der Waals surface area contributed by atoms with E-state index in [1.54, 1.807) is 36.5 Å². The van der Waals surface area contributed by atoms with Crippen LogP contribution in [-0.4, -0.2) is 76.3 Å². The zero-order chi connectivity index (χ0) is 28.1. The van der Waals surface area contributed by atoms with Gasteiger partial charge in [-0.05, 0) is 51.2 Å². The number of para-hydroxylation sites is 1. The zero-order valence-electron chi connectivity index (χ0n) is 22.5. The minimum absolute atomic E-state index is 0.0144. The number of halogens is 1. The number of amides is 2. The van der Waals surface area contributed by atoms with E-state index in [-0.39, 0.29) is 17.9 Å². The number of fused-ring (bicyclic) bond motifs is 1. The standard InChI is InChI=1S/C30H32ClN7O2/c1-37(2)14-7-13-27(39)34-21-9-5-8-20(16-21)29(40)38-15-6-10-22(19-38)35-30-33-18-25(31)28(36-30)24-17-32-26-12-4-3-11-23(24)26/h3-5,7-9,11-13,16-18,22,32H,6,10,14-15,19H2,1-2H3,(H,34,39)(H,33,35,36). The average Bonchev–Trinajstić information content (AvgIpc) is 3.38. The number of likely N-dealkylation sites (N-methyl/N-ethyl adjacent to an activating group) is 1. The monoisotopic (exact) mass is 557 g/mol. The summed E-state index contributed by atoms with van der Waals surface area (Å²) in [6, 6.07) is 15.0. The Kier molecular flexibility index (Phi) is 8.42. The minimum atomic E-state index is -0.233. The Morgan fingerprint density at radius 3 is 2.90 bits per heavy atom. The van der Waals surface area contributed by atoms with Gasteiger partial charge in [0.2, 0.25) is 11.9 Å². The molecule has 2 amide bonds. The molecule has 206 valence electrons. The van der Waals surface area contributed by atoms with Crippen LogP contribution in [0.2, 0.25) is 5.02 Å². The lowest BCUT2D eigenvalue weighted by Gasteiger charge is -2.33. The van der Waals surface area contributed by atoms with Gasteiger partial charge in [-0.2, -0.15) is 0 Å². The molecule has 1 saturated heterocycles. The van der Waals surface area contributed by atoms with E-state index in [0.717, 1.165) is 29.3 Å². The highest BCUT2D eigenvalue weighted by Crippen LogP contribution is 2.32. The maximum atomic E-state index is 13.4. The molecule has 0 radical (unpaired) electrons. The third-order valence-electron chi connectivity index (χ3n) is 6.75. The van der Waals surface area contributed by atoms with Gasteiger partial charge in [0.05, 0.1) is 16.9 Å². The number of anilines is 2. The number of H-pyrrole nitrogens is 1. The molecule has 0 saturated carbocycles. The second-order valence-corrected chi connectivity index (χ2v) is 10.5.